The molecule has 0 aliphatic rings. The zero-order valence-corrected chi connectivity index (χ0v) is 25.6. The summed E-state index contributed by atoms with van der Waals surface area (Å²) < 4.78 is 12.4. The molecule has 48 heavy (non-hydrogen) atoms. The molecule has 5 heteroatoms. The summed E-state index contributed by atoms with van der Waals surface area (Å²) in [5.41, 5.74) is 8.34. The molecule has 0 aliphatic carbocycles. The molecule has 0 saturated heterocycles. The molecule has 5 nitrogen and oxygen atoms in total. The fourth-order valence-corrected chi connectivity index (χ4v) is 6.94. The lowest BCUT2D eigenvalue weighted by Crippen LogP contribution is -2.01. The first kappa shape index (κ1) is 26.6. The van der Waals surface area contributed by atoms with Crippen LogP contribution in [0.15, 0.2) is 160 Å². The van der Waals surface area contributed by atoms with Crippen molar-refractivity contribution in [1.82, 2.24) is 15.0 Å². The number of nitrogens with zero attached hydrogens (tertiary/aromatic N) is 3. The Balaban J connectivity index is 1.25. The normalized spacial score (nSPS) is 11.8. The summed E-state index contributed by atoms with van der Waals surface area (Å²) in [4.78, 5) is 15.5. The van der Waals surface area contributed by atoms with Crippen LogP contribution in [0.4, 0.5) is 0 Å². The molecule has 7 aromatic carbocycles. The monoisotopic (exact) mass is 615 g/mol. The van der Waals surface area contributed by atoms with Gasteiger partial charge in [0.25, 0.3) is 0 Å². The summed E-state index contributed by atoms with van der Waals surface area (Å²) in [7, 11) is 0. The highest BCUT2D eigenvalue weighted by molar-refractivity contribution is 6.12. The molecule has 0 aliphatic heterocycles. The first-order valence-electron chi connectivity index (χ1n) is 15.9. The van der Waals surface area contributed by atoms with Crippen molar-refractivity contribution in [2.75, 3.05) is 0 Å². The molecule has 0 unspecified atom stereocenters. The Bertz CT molecular complexity index is 2850. The van der Waals surface area contributed by atoms with Crippen LogP contribution in [0.2, 0.25) is 0 Å². The maximum atomic E-state index is 6.26. The van der Waals surface area contributed by atoms with Crippen LogP contribution in [0.5, 0.6) is 0 Å². The molecular formula is C43H25N3O2. The van der Waals surface area contributed by atoms with E-state index in [1.165, 1.54) is 0 Å². The van der Waals surface area contributed by atoms with Gasteiger partial charge in [-0.3, -0.25) is 0 Å². The summed E-state index contributed by atoms with van der Waals surface area (Å²) >= 11 is 0. The van der Waals surface area contributed by atoms with E-state index in [4.69, 9.17) is 23.8 Å². The van der Waals surface area contributed by atoms with Crippen molar-refractivity contribution >= 4 is 54.6 Å². The van der Waals surface area contributed by atoms with Gasteiger partial charge >= 0.3 is 0 Å². The van der Waals surface area contributed by atoms with E-state index in [-0.39, 0.29) is 0 Å². The van der Waals surface area contributed by atoms with Gasteiger partial charge in [-0.15, -0.1) is 0 Å². The van der Waals surface area contributed by atoms with Gasteiger partial charge in [0.05, 0.1) is 0 Å². The van der Waals surface area contributed by atoms with Crippen molar-refractivity contribution in [2.24, 2.45) is 0 Å². The highest BCUT2D eigenvalue weighted by Gasteiger charge is 2.20. The summed E-state index contributed by atoms with van der Waals surface area (Å²) in [5.74, 6) is 1.77. The van der Waals surface area contributed by atoms with Crippen LogP contribution in [0.3, 0.4) is 0 Å². The second kappa shape index (κ2) is 10.5. The van der Waals surface area contributed by atoms with E-state index in [0.29, 0.717) is 17.5 Å². The number of benzene rings is 7. The molecule has 0 saturated carbocycles. The van der Waals surface area contributed by atoms with E-state index in [0.717, 1.165) is 82.5 Å². The summed E-state index contributed by atoms with van der Waals surface area (Å²) in [6.07, 6.45) is 0. The maximum Gasteiger partial charge on any atom is 0.164 e. The van der Waals surface area contributed by atoms with Gasteiger partial charge in [0, 0.05) is 38.2 Å². The quantitative estimate of drug-likeness (QED) is 0.197. The largest absolute Gasteiger partial charge is 0.456 e. The molecule has 10 rings (SSSR count). The highest BCUT2D eigenvalue weighted by Crippen LogP contribution is 2.39. The Morgan fingerprint density at radius 2 is 0.875 bits per heavy atom. The first-order chi connectivity index (χ1) is 23.8. The fraction of sp³-hybridized carbons (Fsp3) is 0. The van der Waals surface area contributed by atoms with Crippen LogP contribution < -0.4 is 0 Å². The van der Waals surface area contributed by atoms with Crippen LogP contribution in [0, 0.1) is 0 Å². The molecule has 3 aromatic heterocycles. The van der Waals surface area contributed by atoms with Gasteiger partial charge < -0.3 is 8.83 Å². The molecular weight excluding hydrogens is 590 g/mol. The second-order valence-corrected chi connectivity index (χ2v) is 12.0. The molecule has 3 heterocycles. The number of rotatable bonds is 4. The van der Waals surface area contributed by atoms with Crippen LogP contribution in [-0.2, 0) is 0 Å². The van der Waals surface area contributed by atoms with Crippen LogP contribution in [0.25, 0.3) is 99.9 Å². The van der Waals surface area contributed by atoms with E-state index in [2.05, 4.69) is 84.9 Å². The summed E-state index contributed by atoms with van der Waals surface area (Å²) in [6, 6.07) is 51.7. The van der Waals surface area contributed by atoms with Gasteiger partial charge in [-0.05, 0) is 64.4 Å². The van der Waals surface area contributed by atoms with E-state index < -0.39 is 0 Å². The number of para-hydroxylation sites is 2. The Morgan fingerprint density at radius 3 is 1.69 bits per heavy atom. The van der Waals surface area contributed by atoms with E-state index in [1.807, 2.05) is 66.7 Å². The minimum atomic E-state index is 0.584. The Labute approximate surface area is 274 Å². The first-order valence-corrected chi connectivity index (χ1v) is 15.9. The Kier molecular flexibility index (Phi) is 5.81. The van der Waals surface area contributed by atoms with Gasteiger partial charge in [-0.2, -0.15) is 0 Å². The fourth-order valence-electron chi connectivity index (χ4n) is 6.94. The number of hydrogen-bond acceptors (Lipinski definition) is 5. The van der Waals surface area contributed by atoms with Crippen molar-refractivity contribution in [2.45, 2.75) is 0 Å². The van der Waals surface area contributed by atoms with Crippen molar-refractivity contribution in [1.29, 1.82) is 0 Å². The maximum absolute atomic E-state index is 6.26. The highest BCUT2D eigenvalue weighted by atomic mass is 16.3. The number of hydrogen-bond donors (Lipinski definition) is 0. The summed E-state index contributed by atoms with van der Waals surface area (Å²) in [6.45, 7) is 0. The molecule has 0 bridgehead atoms. The van der Waals surface area contributed by atoms with Gasteiger partial charge in [-0.1, -0.05) is 109 Å². The lowest BCUT2D eigenvalue weighted by Gasteiger charge is -2.13. The minimum absolute atomic E-state index is 0.584. The second-order valence-electron chi connectivity index (χ2n) is 12.0. The Morgan fingerprint density at radius 1 is 0.312 bits per heavy atom. The third-order valence-corrected chi connectivity index (χ3v) is 9.16. The van der Waals surface area contributed by atoms with Gasteiger partial charge in [-0.25, -0.2) is 15.0 Å². The Hall–Kier alpha value is -6.59. The topological polar surface area (TPSA) is 65.0 Å². The molecule has 0 radical (unpaired) electrons. The SMILES string of the molecule is c1ccc(-c2ccc(-c3nc(-c4ccc5oc6ccccc6c5c4)nc(-c4cccc5oc6ccccc6c45)n3)c3ccccc23)cc1. The smallest absolute Gasteiger partial charge is 0.164 e. The molecule has 0 fully saturated rings. The zero-order valence-electron chi connectivity index (χ0n) is 25.6. The minimum Gasteiger partial charge on any atom is -0.456 e. The van der Waals surface area contributed by atoms with E-state index in [1.54, 1.807) is 0 Å². The van der Waals surface area contributed by atoms with Crippen molar-refractivity contribution in [3.63, 3.8) is 0 Å². The number of fused-ring (bicyclic) bond motifs is 7. The summed E-state index contributed by atoms with van der Waals surface area (Å²) in [5, 5.41) is 6.30. The number of aromatic nitrogens is 3. The van der Waals surface area contributed by atoms with E-state index >= 15 is 0 Å². The van der Waals surface area contributed by atoms with Gasteiger partial charge in [0.1, 0.15) is 22.3 Å². The molecule has 224 valence electrons. The van der Waals surface area contributed by atoms with Crippen LogP contribution in [-0.4, -0.2) is 15.0 Å². The third kappa shape index (κ3) is 4.15. The van der Waals surface area contributed by atoms with Gasteiger partial charge in [0.15, 0.2) is 17.5 Å². The van der Waals surface area contributed by atoms with E-state index in [9.17, 15) is 0 Å². The van der Waals surface area contributed by atoms with Gasteiger partial charge in [0.2, 0.25) is 0 Å². The average molecular weight is 616 g/mol. The van der Waals surface area contributed by atoms with Crippen molar-refractivity contribution in [3.05, 3.63) is 152 Å². The van der Waals surface area contributed by atoms with Crippen LogP contribution >= 0.6 is 0 Å². The van der Waals surface area contributed by atoms with Crippen LogP contribution in [0.1, 0.15) is 0 Å². The standard InChI is InChI=1S/C43H25N3O2/c1-2-11-26(12-3-1)28-22-23-32(30-14-5-4-13-29(28)30)42-44-41(27-21-24-38-35(25-27)31-15-6-8-18-36(31)47-38)45-43(46-42)34-17-10-20-39-40(34)33-16-7-9-19-37(33)48-39/h1-25H. The molecule has 0 amide bonds. The zero-order chi connectivity index (χ0) is 31.6. The average Bonchev–Trinajstić information content (AvgIpc) is 3.73. The lowest BCUT2D eigenvalue weighted by molar-refractivity contribution is 0.668. The molecule has 0 N–H and O–H groups in total. The third-order valence-electron chi connectivity index (χ3n) is 9.16. The van der Waals surface area contributed by atoms with Crippen molar-refractivity contribution < 1.29 is 8.83 Å². The molecule has 0 spiro atoms. The predicted octanol–water partition coefficient (Wildman–Crippen LogP) is 11.5. The van der Waals surface area contributed by atoms with Crippen molar-refractivity contribution in [3.8, 4) is 45.3 Å². The molecule has 0 atom stereocenters. The molecule has 10 aromatic rings. The lowest BCUT2D eigenvalue weighted by atomic mass is 9.94. The predicted molar refractivity (Wildman–Crippen MR) is 194 cm³/mol. The number of furan rings is 2.